The molecule has 0 aromatic heterocycles. The number of hydrogen-bond acceptors (Lipinski definition) is 2. The summed E-state index contributed by atoms with van der Waals surface area (Å²) in [5.74, 6) is 2.12. The summed E-state index contributed by atoms with van der Waals surface area (Å²) in [6, 6.07) is 17.3. The largest absolute Gasteiger partial charge is 0.326 e. The average Bonchev–Trinajstić information content (AvgIpc) is 2.40. The van der Waals surface area contributed by atoms with Gasteiger partial charge in [0, 0.05) is 18.1 Å². The molecule has 0 aliphatic rings. The van der Waals surface area contributed by atoms with E-state index in [1.165, 1.54) is 22.3 Å². The van der Waals surface area contributed by atoms with E-state index in [0.717, 1.165) is 11.5 Å². The Morgan fingerprint density at radius 3 is 2.22 bits per heavy atom. The minimum absolute atomic E-state index is 0.622. The van der Waals surface area contributed by atoms with Gasteiger partial charge in [-0.3, -0.25) is 0 Å². The lowest BCUT2D eigenvalue weighted by atomic mass is 10.1. The molecule has 0 saturated heterocycles. The van der Waals surface area contributed by atoms with Crippen molar-refractivity contribution in [1.82, 2.24) is 0 Å². The van der Waals surface area contributed by atoms with E-state index in [1.54, 1.807) is 0 Å². The normalized spacial score (nSPS) is 10.6. The smallest absolute Gasteiger partial charge is 0.0188 e. The van der Waals surface area contributed by atoms with E-state index < -0.39 is 0 Å². The van der Waals surface area contributed by atoms with Gasteiger partial charge in [0.25, 0.3) is 0 Å². The Labute approximate surface area is 113 Å². The van der Waals surface area contributed by atoms with Crippen molar-refractivity contribution in [3.63, 3.8) is 0 Å². The molecular formula is C16H19NS. The molecule has 2 N–H and O–H groups in total. The molecule has 0 radical (unpaired) electrons. The van der Waals surface area contributed by atoms with E-state index in [4.69, 9.17) is 5.73 Å². The SMILES string of the molecule is Cc1cccc(CSCc2ccc(CN)cc2)c1. The summed E-state index contributed by atoms with van der Waals surface area (Å²) in [7, 11) is 0. The van der Waals surface area contributed by atoms with Crippen LogP contribution in [0.25, 0.3) is 0 Å². The van der Waals surface area contributed by atoms with Gasteiger partial charge in [-0.25, -0.2) is 0 Å². The van der Waals surface area contributed by atoms with Crippen molar-refractivity contribution in [2.24, 2.45) is 5.73 Å². The first kappa shape index (κ1) is 13.2. The van der Waals surface area contributed by atoms with Crippen LogP contribution < -0.4 is 5.73 Å². The molecular weight excluding hydrogens is 238 g/mol. The Hall–Kier alpha value is -1.25. The fourth-order valence-electron chi connectivity index (χ4n) is 1.86. The Morgan fingerprint density at radius 1 is 0.889 bits per heavy atom. The van der Waals surface area contributed by atoms with Gasteiger partial charge in [-0.1, -0.05) is 54.1 Å². The van der Waals surface area contributed by atoms with Crippen LogP contribution in [-0.2, 0) is 18.1 Å². The van der Waals surface area contributed by atoms with Crippen molar-refractivity contribution in [2.75, 3.05) is 0 Å². The highest BCUT2D eigenvalue weighted by molar-refractivity contribution is 7.97. The quantitative estimate of drug-likeness (QED) is 0.879. The van der Waals surface area contributed by atoms with Gasteiger partial charge >= 0.3 is 0 Å². The predicted molar refractivity (Wildman–Crippen MR) is 80.5 cm³/mol. The van der Waals surface area contributed by atoms with Crippen molar-refractivity contribution < 1.29 is 0 Å². The highest BCUT2D eigenvalue weighted by Gasteiger charge is 1.97. The average molecular weight is 257 g/mol. The van der Waals surface area contributed by atoms with Gasteiger partial charge in [0.15, 0.2) is 0 Å². The van der Waals surface area contributed by atoms with E-state index in [1.807, 2.05) is 11.8 Å². The topological polar surface area (TPSA) is 26.0 Å². The third-order valence-corrected chi connectivity index (χ3v) is 3.95. The van der Waals surface area contributed by atoms with E-state index in [-0.39, 0.29) is 0 Å². The van der Waals surface area contributed by atoms with Crippen LogP contribution in [0.2, 0.25) is 0 Å². The maximum Gasteiger partial charge on any atom is 0.0188 e. The molecule has 2 rings (SSSR count). The number of benzene rings is 2. The second-order valence-corrected chi connectivity index (χ2v) is 5.49. The summed E-state index contributed by atoms with van der Waals surface area (Å²) < 4.78 is 0. The zero-order chi connectivity index (χ0) is 12.8. The van der Waals surface area contributed by atoms with Gasteiger partial charge in [-0.15, -0.1) is 0 Å². The van der Waals surface area contributed by atoms with Crippen molar-refractivity contribution >= 4 is 11.8 Å². The number of nitrogens with two attached hydrogens (primary N) is 1. The van der Waals surface area contributed by atoms with Crippen LogP contribution in [0.5, 0.6) is 0 Å². The molecule has 0 spiro atoms. The summed E-state index contributed by atoms with van der Waals surface area (Å²) in [6.07, 6.45) is 0. The van der Waals surface area contributed by atoms with Crippen LogP contribution >= 0.6 is 11.8 Å². The minimum atomic E-state index is 0.622. The molecule has 2 aromatic carbocycles. The first-order valence-corrected chi connectivity index (χ1v) is 7.34. The monoisotopic (exact) mass is 257 g/mol. The third-order valence-electron chi connectivity index (χ3n) is 2.88. The molecule has 2 heteroatoms. The summed E-state index contributed by atoms with van der Waals surface area (Å²) in [6.45, 7) is 2.76. The molecule has 0 bridgehead atoms. The fourth-order valence-corrected chi connectivity index (χ4v) is 2.81. The standard InChI is InChI=1S/C16H19NS/c1-13-3-2-4-16(9-13)12-18-11-15-7-5-14(10-17)6-8-15/h2-9H,10-12,17H2,1H3. The maximum absolute atomic E-state index is 5.58. The molecule has 2 aromatic rings. The number of rotatable bonds is 5. The number of aryl methyl sites for hydroxylation is 1. The van der Waals surface area contributed by atoms with Crippen LogP contribution in [-0.4, -0.2) is 0 Å². The van der Waals surface area contributed by atoms with Gasteiger partial charge in [0.1, 0.15) is 0 Å². The number of hydrogen-bond donors (Lipinski definition) is 1. The molecule has 94 valence electrons. The summed E-state index contributed by atoms with van der Waals surface area (Å²) in [5.41, 5.74) is 10.9. The second-order valence-electron chi connectivity index (χ2n) is 4.50. The molecule has 0 heterocycles. The lowest BCUT2D eigenvalue weighted by Gasteiger charge is -2.04. The predicted octanol–water partition coefficient (Wildman–Crippen LogP) is 3.89. The van der Waals surface area contributed by atoms with Gasteiger partial charge in [0.05, 0.1) is 0 Å². The molecule has 0 aliphatic heterocycles. The first-order valence-electron chi connectivity index (χ1n) is 6.19. The second kappa shape index (κ2) is 6.62. The van der Waals surface area contributed by atoms with Gasteiger partial charge < -0.3 is 5.73 Å². The lowest BCUT2D eigenvalue weighted by Crippen LogP contribution is -1.95. The molecule has 0 saturated carbocycles. The van der Waals surface area contributed by atoms with Crippen LogP contribution in [0, 0.1) is 6.92 Å². The van der Waals surface area contributed by atoms with E-state index in [2.05, 4.69) is 55.5 Å². The van der Waals surface area contributed by atoms with Crippen LogP contribution in [0.3, 0.4) is 0 Å². The summed E-state index contributed by atoms with van der Waals surface area (Å²) in [4.78, 5) is 0. The van der Waals surface area contributed by atoms with Crippen LogP contribution in [0.15, 0.2) is 48.5 Å². The minimum Gasteiger partial charge on any atom is -0.326 e. The highest BCUT2D eigenvalue weighted by atomic mass is 32.2. The number of thioether (sulfide) groups is 1. The van der Waals surface area contributed by atoms with Crippen molar-refractivity contribution in [3.05, 3.63) is 70.8 Å². The Bertz CT molecular complexity index is 491. The zero-order valence-electron chi connectivity index (χ0n) is 10.7. The van der Waals surface area contributed by atoms with Crippen molar-refractivity contribution in [3.8, 4) is 0 Å². The third kappa shape index (κ3) is 3.90. The molecule has 18 heavy (non-hydrogen) atoms. The van der Waals surface area contributed by atoms with Crippen LogP contribution in [0.1, 0.15) is 22.3 Å². The Morgan fingerprint density at radius 2 is 1.56 bits per heavy atom. The maximum atomic E-state index is 5.58. The van der Waals surface area contributed by atoms with Crippen molar-refractivity contribution in [2.45, 2.75) is 25.0 Å². The molecule has 0 amide bonds. The van der Waals surface area contributed by atoms with E-state index in [9.17, 15) is 0 Å². The van der Waals surface area contributed by atoms with Gasteiger partial charge in [0.2, 0.25) is 0 Å². The van der Waals surface area contributed by atoms with E-state index >= 15 is 0 Å². The summed E-state index contributed by atoms with van der Waals surface area (Å²) >= 11 is 1.95. The Kier molecular flexibility index (Phi) is 4.85. The zero-order valence-corrected chi connectivity index (χ0v) is 11.5. The molecule has 0 fully saturated rings. The lowest BCUT2D eigenvalue weighted by molar-refractivity contribution is 1.07. The highest BCUT2D eigenvalue weighted by Crippen LogP contribution is 2.18. The van der Waals surface area contributed by atoms with Crippen LogP contribution in [0.4, 0.5) is 0 Å². The van der Waals surface area contributed by atoms with Crippen molar-refractivity contribution in [1.29, 1.82) is 0 Å². The summed E-state index contributed by atoms with van der Waals surface area (Å²) in [5, 5.41) is 0. The Balaban J connectivity index is 1.84. The van der Waals surface area contributed by atoms with Gasteiger partial charge in [-0.2, -0.15) is 11.8 Å². The van der Waals surface area contributed by atoms with E-state index in [0.29, 0.717) is 6.54 Å². The first-order chi connectivity index (χ1) is 8.78. The molecule has 0 atom stereocenters. The molecule has 0 unspecified atom stereocenters. The van der Waals surface area contributed by atoms with Gasteiger partial charge in [-0.05, 0) is 23.6 Å². The fraction of sp³-hybridized carbons (Fsp3) is 0.250. The molecule has 1 nitrogen and oxygen atoms in total. The molecule has 0 aliphatic carbocycles.